The summed E-state index contributed by atoms with van der Waals surface area (Å²) in [5.41, 5.74) is 5.64. The largest absolute Gasteiger partial charge is 0.378 e. The first-order valence-electron chi connectivity index (χ1n) is 9.87. The van der Waals surface area contributed by atoms with Crippen molar-refractivity contribution in [3.8, 4) is 0 Å². The van der Waals surface area contributed by atoms with Gasteiger partial charge >= 0.3 is 0 Å². The van der Waals surface area contributed by atoms with Crippen molar-refractivity contribution in [3.05, 3.63) is 106 Å². The van der Waals surface area contributed by atoms with Crippen LogP contribution >= 0.6 is 15.9 Å². The first kappa shape index (κ1) is 23.0. The molecule has 3 rings (SSSR count). The minimum Gasteiger partial charge on any atom is -0.378 e. The van der Waals surface area contributed by atoms with Crippen LogP contribution in [0.2, 0.25) is 0 Å². The fourth-order valence-electron chi connectivity index (χ4n) is 2.75. The molecule has 0 radical (unpaired) electrons. The minimum absolute atomic E-state index is 0.0874. The predicted octanol–water partition coefficient (Wildman–Crippen LogP) is 4.44. The van der Waals surface area contributed by atoms with E-state index >= 15 is 0 Å². The number of carbonyl (C=O) groups excluding carboxylic acids is 2. The zero-order valence-corrected chi connectivity index (χ0v) is 19.3. The van der Waals surface area contributed by atoms with E-state index in [-0.39, 0.29) is 11.6 Å². The lowest BCUT2D eigenvalue weighted by molar-refractivity contribution is -0.117. The van der Waals surface area contributed by atoms with Gasteiger partial charge in [-0.05, 0) is 53.6 Å². The Hall–Kier alpha value is -3.71. The predicted molar refractivity (Wildman–Crippen MR) is 133 cm³/mol. The molecule has 0 aromatic heterocycles. The number of rotatable bonds is 7. The number of nitrogens with zero attached hydrogens (tertiary/aromatic N) is 2. The Bertz CT molecular complexity index is 1120. The Morgan fingerprint density at radius 2 is 1.50 bits per heavy atom. The molecule has 0 spiro atoms. The van der Waals surface area contributed by atoms with E-state index in [1.807, 2.05) is 73.6 Å². The highest BCUT2D eigenvalue weighted by Gasteiger charge is 2.14. The summed E-state index contributed by atoms with van der Waals surface area (Å²) in [5.74, 6) is -0.909. The van der Waals surface area contributed by atoms with Gasteiger partial charge in [-0.15, -0.1) is 0 Å². The van der Waals surface area contributed by atoms with Crippen molar-refractivity contribution in [2.24, 2.45) is 5.10 Å². The van der Waals surface area contributed by atoms with Gasteiger partial charge in [-0.2, -0.15) is 5.10 Å². The van der Waals surface area contributed by atoms with Crippen LogP contribution in [0, 0.1) is 0 Å². The summed E-state index contributed by atoms with van der Waals surface area (Å²) in [7, 11) is 3.90. The second kappa shape index (κ2) is 11.1. The number of benzene rings is 3. The summed E-state index contributed by atoms with van der Waals surface area (Å²) in [6.07, 6.45) is 3.15. The maximum absolute atomic E-state index is 12.8. The number of anilines is 1. The molecule has 0 heterocycles. The number of hydrogen-bond donors (Lipinski definition) is 2. The van der Waals surface area contributed by atoms with E-state index in [0.29, 0.717) is 5.56 Å². The molecule has 0 saturated heterocycles. The first-order valence-corrected chi connectivity index (χ1v) is 10.7. The zero-order valence-electron chi connectivity index (χ0n) is 17.7. The van der Waals surface area contributed by atoms with Crippen molar-refractivity contribution >= 4 is 45.7 Å². The quantitative estimate of drug-likeness (QED) is 0.292. The van der Waals surface area contributed by atoms with Crippen LogP contribution in [0.3, 0.4) is 0 Å². The molecule has 2 N–H and O–H groups in total. The molecular weight excluding hydrogens is 468 g/mol. The van der Waals surface area contributed by atoms with Gasteiger partial charge in [-0.3, -0.25) is 9.59 Å². The molecule has 3 aromatic carbocycles. The van der Waals surface area contributed by atoms with Crippen molar-refractivity contribution in [2.45, 2.75) is 0 Å². The van der Waals surface area contributed by atoms with Gasteiger partial charge in [-0.25, -0.2) is 5.43 Å². The van der Waals surface area contributed by atoms with E-state index in [1.54, 1.807) is 30.3 Å². The molecule has 0 bridgehead atoms. The third-order valence-corrected chi connectivity index (χ3v) is 5.03. The highest BCUT2D eigenvalue weighted by atomic mass is 79.9. The van der Waals surface area contributed by atoms with E-state index in [0.717, 1.165) is 21.3 Å². The SMILES string of the molecule is CN(C)c1ccc(/C=C(\NC(=O)c2ccccc2)C(=O)N/N=C/c2ccc(Br)cc2)cc1. The van der Waals surface area contributed by atoms with Crippen LogP contribution < -0.4 is 15.6 Å². The van der Waals surface area contributed by atoms with Gasteiger partial charge in [0.05, 0.1) is 6.21 Å². The average molecular weight is 491 g/mol. The van der Waals surface area contributed by atoms with E-state index in [4.69, 9.17) is 0 Å². The van der Waals surface area contributed by atoms with Crippen LogP contribution in [-0.4, -0.2) is 32.1 Å². The van der Waals surface area contributed by atoms with E-state index in [1.165, 1.54) is 6.21 Å². The first-order chi connectivity index (χ1) is 15.4. The molecule has 0 aliphatic carbocycles. The Balaban J connectivity index is 1.80. The van der Waals surface area contributed by atoms with Crippen molar-refractivity contribution in [1.82, 2.24) is 10.7 Å². The van der Waals surface area contributed by atoms with Crippen LogP contribution in [0.15, 0.2) is 94.1 Å². The fourth-order valence-corrected chi connectivity index (χ4v) is 3.02. The van der Waals surface area contributed by atoms with Gasteiger partial charge in [0.2, 0.25) is 0 Å². The number of hydrogen-bond acceptors (Lipinski definition) is 4. The molecule has 0 aliphatic rings. The monoisotopic (exact) mass is 490 g/mol. The normalized spacial score (nSPS) is 11.3. The molecule has 0 unspecified atom stereocenters. The van der Waals surface area contributed by atoms with Crippen molar-refractivity contribution in [2.75, 3.05) is 19.0 Å². The maximum atomic E-state index is 12.8. The summed E-state index contributed by atoms with van der Waals surface area (Å²) in [6, 6.07) is 23.8. The lowest BCUT2D eigenvalue weighted by Crippen LogP contribution is -2.32. The van der Waals surface area contributed by atoms with Crippen molar-refractivity contribution in [1.29, 1.82) is 0 Å². The smallest absolute Gasteiger partial charge is 0.287 e. The molecule has 6 nitrogen and oxygen atoms in total. The van der Waals surface area contributed by atoms with Gasteiger partial charge in [0.1, 0.15) is 5.70 Å². The molecule has 32 heavy (non-hydrogen) atoms. The Kier molecular flexibility index (Phi) is 7.94. The molecule has 0 aliphatic heterocycles. The van der Waals surface area contributed by atoms with Gasteiger partial charge in [-0.1, -0.05) is 58.4 Å². The standard InChI is InChI=1S/C25H23BrN4O2/c1-30(2)22-14-10-18(11-15-22)16-23(28-24(31)20-6-4-3-5-7-20)25(32)29-27-17-19-8-12-21(26)13-9-19/h3-17H,1-2H3,(H,28,31)(H,29,32)/b23-16-,27-17+. The summed E-state index contributed by atoms with van der Waals surface area (Å²) in [4.78, 5) is 27.4. The highest BCUT2D eigenvalue weighted by molar-refractivity contribution is 9.10. The van der Waals surface area contributed by atoms with Crippen molar-refractivity contribution < 1.29 is 9.59 Å². The lowest BCUT2D eigenvalue weighted by atomic mass is 10.1. The molecular formula is C25H23BrN4O2. The van der Waals surface area contributed by atoms with Crippen LogP contribution in [0.1, 0.15) is 21.5 Å². The summed E-state index contributed by atoms with van der Waals surface area (Å²) >= 11 is 3.38. The Labute approximate surface area is 195 Å². The molecule has 0 saturated carbocycles. The van der Waals surface area contributed by atoms with Gasteiger partial charge in [0, 0.05) is 29.8 Å². The van der Waals surface area contributed by atoms with Gasteiger partial charge < -0.3 is 10.2 Å². The van der Waals surface area contributed by atoms with Gasteiger partial charge in [0.25, 0.3) is 11.8 Å². The third-order valence-electron chi connectivity index (χ3n) is 4.50. The molecule has 0 atom stereocenters. The molecule has 3 aromatic rings. The average Bonchev–Trinajstić information content (AvgIpc) is 2.80. The Morgan fingerprint density at radius 3 is 2.12 bits per heavy atom. The van der Waals surface area contributed by atoms with Crippen LogP contribution in [-0.2, 0) is 4.79 Å². The summed E-state index contributed by atoms with van der Waals surface area (Å²) in [6.45, 7) is 0. The number of nitrogens with one attached hydrogen (secondary N) is 2. The molecule has 162 valence electrons. The van der Waals surface area contributed by atoms with Crippen LogP contribution in [0.5, 0.6) is 0 Å². The lowest BCUT2D eigenvalue weighted by Gasteiger charge is -2.12. The minimum atomic E-state index is -0.528. The topological polar surface area (TPSA) is 73.8 Å². The molecule has 7 heteroatoms. The maximum Gasteiger partial charge on any atom is 0.287 e. The Morgan fingerprint density at radius 1 is 0.875 bits per heavy atom. The number of hydrazone groups is 1. The third kappa shape index (κ3) is 6.65. The zero-order chi connectivity index (χ0) is 22.9. The summed E-state index contributed by atoms with van der Waals surface area (Å²) in [5, 5.41) is 6.71. The summed E-state index contributed by atoms with van der Waals surface area (Å²) < 4.78 is 0.952. The second-order valence-electron chi connectivity index (χ2n) is 7.11. The van der Waals surface area contributed by atoms with E-state index in [2.05, 4.69) is 31.8 Å². The molecule has 2 amide bonds. The number of amides is 2. The van der Waals surface area contributed by atoms with Gasteiger partial charge in [0.15, 0.2) is 0 Å². The molecule has 0 fully saturated rings. The fraction of sp³-hybridized carbons (Fsp3) is 0.0800. The number of carbonyl (C=O) groups is 2. The van der Waals surface area contributed by atoms with E-state index < -0.39 is 5.91 Å². The van der Waals surface area contributed by atoms with E-state index in [9.17, 15) is 9.59 Å². The van der Waals surface area contributed by atoms with Crippen molar-refractivity contribution in [3.63, 3.8) is 0 Å². The second-order valence-corrected chi connectivity index (χ2v) is 8.03. The highest BCUT2D eigenvalue weighted by Crippen LogP contribution is 2.15. The van der Waals surface area contributed by atoms with Crippen LogP contribution in [0.4, 0.5) is 5.69 Å². The number of halogens is 1. The van der Waals surface area contributed by atoms with Crippen LogP contribution in [0.25, 0.3) is 6.08 Å².